The number of hydrogen-bond acceptors (Lipinski definition) is 5. The number of methoxy groups -OCH3 is 1. The van der Waals surface area contributed by atoms with Gasteiger partial charge in [-0.2, -0.15) is 0 Å². The highest BCUT2D eigenvalue weighted by Crippen LogP contribution is 2.29. The smallest absolute Gasteiger partial charge is 0.350 e. The summed E-state index contributed by atoms with van der Waals surface area (Å²) in [5.74, 6) is -0.724. The standard InChI is InChI=1S/C23H29N3O4S/c1-16-15-31-22(23(29)30-3)21(16)25-20(28)14-26(11-7-8-12-26)13-19(27)24-17(2)18-9-5-4-6-10-18/h4-6,9-10,15,17H,7-8,11-14H2,1-3H3,(H-,24,25,27,28,29)/p+1/t17-/m0/s1. The van der Waals surface area contributed by atoms with E-state index in [-0.39, 0.29) is 30.9 Å². The summed E-state index contributed by atoms with van der Waals surface area (Å²) in [5, 5.41) is 7.77. The molecule has 1 aliphatic heterocycles. The van der Waals surface area contributed by atoms with E-state index in [0.717, 1.165) is 37.1 Å². The van der Waals surface area contributed by atoms with E-state index in [0.29, 0.717) is 15.0 Å². The van der Waals surface area contributed by atoms with Gasteiger partial charge in [-0.3, -0.25) is 9.59 Å². The van der Waals surface area contributed by atoms with Gasteiger partial charge in [-0.15, -0.1) is 11.3 Å². The Balaban J connectivity index is 1.65. The minimum Gasteiger partial charge on any atom is -0.465 e. The molecule has 1 saturated heterocycles. The maximum atomic E-state index is 12.9. The average Bonchev–Trinajstić information content (AvgIpc) is 3.34. The van der Waals surface area contributed by atoms with Crippen LogP contribution in [-0.2, 0) is 14.3 Å². The van der Waals surface area contributed by atoms with Gasteiger partial charge in [0.15, 0.2) is 13.1 Å². The molecule has 2 aromatic rings. The lowest BCUT2D eigenvalue weighted by molar-refractivity contribution is -0.901. The number of rotatable bonds is 8. The number of carbonyl (C=O) groups excluding carboxylic acids is 3. The van der Waals surface area contributed by atoms with Gasteiger partial charge in [0.05, 0.1) is 31.9 Å². The van der Waals surface area contributed by atoms with Crippen LogP contribution in [0.2, 0.25) is 0 Å². The predicted octanol–water partition coefficient (Wildman–Crippen LogP) is 3.27. The van der Waals surface area contributed by atoms with Gasteiger partial charge in [-0.1, -0.05) is 30.3 Å². The topological polar surface area (TPSA) is 84.5 Å². The molecule has 0 aliphatic carbocycles. The third-order valence-corrected chi connectivity index (χ3v) is 6.84. The van der Waals surface area contributed by atoms with Gasteiger partial charge in [0.1, 0.15) is 4.88 Å². The Bertz CT molecular complexity index is 936. The number of anilines is 1. The first-order valence-corrected chi connectivity index (χ1v) is 11.4. The van der Waals surface area contributed by atoms with Crippen LogP contribution in [0.3, 0.4) is 0 Å². The zero-order valence-corrected chi connectivity index (χ0v) is 19.1. The Morgan fingerprint density at radius 3 is 2.39 bits per heavy atom. The number of carbonyl (C=O) groups is 3. The van der Waals surface area contributed by atoms with E-state index < -0.39 is 5.97 Å². The van der Waals surface area contributed by atoms with Crippen molar-refractivity contribution >= 4 is 34.8 Å². The molecule has 1 aromatic heterocycles. The summed E-state index contributed by atoms with van der Waals surface area (Å²) in [6, 6.07) is 9.72. The number of nitrogens with one attached hydrogen (secondary N) is 2. The summed E-state index contributed by atoms with van der Waals surface area (Å²) in [4.78, 5) is 38.1. The molecule has 3 rings (SSSR count). The Morgan fingerprint density at radius 2 is 1.74 bits per heavy atom. The molecule has 7 nitrogen and oxygen atoms in total. The zero-order chi connectivity index (χ0) is 22.4. The summed E-state index contributed by atoms with van der Waals surface area (Å²) >= 11 is 1.25. The van der Waals surface area contributed by atoms with Crippen LogP contribution in [0.4, 0.5) is 5.69 Å². The summed E-state index contributed by atoms with van der Waals surface area (Å²) in [7, 11) is 1.32. The fourth-order valence-corrected chi connectivity index (χ4v) is 5.04. The largest absolute Gasteiger partial charge is 0.465 e. The normalized spacial score (nSPS) is 15.8. The number of amides is 2. The van der Waals surface area contributed by atoms with Crippen LogP contribution in [0.5, 0.6) is 0 Å². The molecular formula is C23H30N3O4S+. The van der Waals surface area contributed by atoms with E-state index >= 15 is 0 Å². The van der Waals surface area contributed by atoms with Crippen molar-refractivity contribution in [2.45, 2.75) is 32.7 Å². The minimum absolute atomic E-state index is 0.0620. The van der Waals surface area contributed by atoms with E-state index in [1.54, 1.807) is 0 Å². The molecule has 0 bridgehead atoms. The van der Waals surface area contributed by atoms with Crippen LogP contribution in [0.25, 0.3) is 0 Å². The van der Waals surface area contributed by atoms with Gasteiger partial charge >= 0.3 is 5.97 Å². The number of quaternary nitrogens is 1. The highest BCUT2D eigenvalue weighted by molar-refractivity contribution is 7.12. The molecule has 8 heteroatoms. The summed E-state index contributed by atoms with van der Waals surface area (Å²) in [6.07, 6.45) is 1.97. The van der Waals surface area contributed by atoms with Crippen molar-refractivity contribution in [3.63, 3.8) is 0 Å². The first kappa shape index (κ1) is 23.0. The van der Waals surface area contributed by atoms with Crippen LogP contribution in [0.1, 0.15) is 46.6 Å². The lowest BCUT2D eigenvalue weighted by Gasteiger charge is -2.33. The second-order valence-corrected chi connectivity index (χ2v) is 9.05. The van der Waals surface area contributed by atoms with Gasteiger partial charge in [-0.05, 0) is 30.4 Å². The van der Waals surface area contributed by atoms with E-state index in [1.165, 1.54) is 18.4 Å². The Kier molecular flexibility index (Phi) is 7.46. The highest BCUT2D eigenvalue weighted by atomic mass is 32.1. The van der Waals surface area contributed by atoms with E-state index in [1.807, 2.05) is 49.6 Å². The van der Waals surface area contributed by atoms with Crippen molar-refractivity contribution in [3.05, 3.63) is 51.7 Å². The first-order chi connectivity index (χ1) is 14.8. The Labute approximate surface area is 187 Å². The fraction of sp³-hybridized carbons (Fsp3) is 0.435. The minimum atomic E-state index is -0.465. The van der Waals surface area contributed by atoms with Crippen molar-refractivity contribution in [1.29, 1.82) is 0 Å². The van der Waals surface area contributed by atoms with Crippen molar-refractivity contribution in [1.82, 2.24) is 5.32 Å². The monoisotopic (exact) mass is 444 g/mol. The van der Waals surface area contributed by atoms with E-state index in [2.05, 4.69) is 10.6 Å². The molecular weight excluding hydrogens is 414 g/mol. The van der Waals surface area contributed by atoms with Crippen LogP contribution in [-0.4, -0.2) is 55.6 Å². The summed E-state index contributed by atoms with van der Waals surface area (Å²) in [5.41, 5.74) is 2.37. The van der Waals surface area contributed by atoms with Gasteiger partial charge < -0.3 is 19.9 Å². The van der Waals surface area contributed by atoms with Crippen LogP contribution in [0, 0.1) is 6.92 Å². The number of thiophene rings is 1. The van der Waals surface area contributed by atoms with Crippen LogP contribution in [0.15, 0.2) is 35.7 Å². The fourth-order valence-electron chi connectivity index (χ4n) is 4.12. The maximum absolute atomic E-state index is 12.9. The molecule has 0 unspecified atom stereocenters. The molecule has 0 saturated carbocycles. The Hall–Kier alpha value is -2.71. The molecule has 1 atom stereocenters. The van der Waals surface area contributed by atoms with Gasteiger partial charge in [0, 0.05) is 12.8 Å². The van der Waals surface area contributed by atoms with Gasteiger partial charge in [0.25, 0.3) is 11.8 Å². The number of esters is 1. The summed E-state index contributed by atoms with van der Waals surface area (Å²) < 4.78 is 5.24. The first-order valence-electron chi connectivity index (χ1n) is 10.5. The van der Waals surface area contributed by atoms with Gasteiger partial charge in [0.2, 0.25) is 0 Å². The molecule has 2 N–H and O–H groups in total. The predicted molar refractivity (Wildman–Crippen MR) is 121 cm³/mol. The summed E-state index contributed by atoms with van der Waals surface area (Å²) in [6.45, 7) is 5.83. The van der Waals surface area contributed by atoms with Crippen LogP contribution < -0.4 is 10.6 Å². The molecule has 1 aliphatic rings. The average molecular weight is 445 g/mol. The van der Waals surface area contributed by atoms with Crippen molar-refractivity contribution in [3.8, 4) is 0 Å². The van der Waals surface area contributed by atoms with Crippen molar-refractivity contribution in [2.24, 2.45) is 0 Å². The molecule has 0 radical (unpaired) electrons. The molecule has 2 amide bonds. The second kappa shape index (κ2) is 10.1. The molecule has 166 valence electrons. The highest BCUT2D eigenvalue weighted by Gasteiger charge is 2.37. The molecule has 31 heavy (non-hydrogen) atoms. The lowest BCUT2D eigenvalue weighted by atomic mass is 10.1. The third kappa shape index (κ3) is 5.71. The SMILES string of the molecule is COC(=O)c1scc(C)c1NC(=O)C[N+]1(CC(=O)N[C@@H](C)c2ccccc2)CCCC1. The van der Waals surface area contributed by atoms with Crippen molar-refractivity contribution < 1.29 is 23.6 Å². The number of aryl methyl sites for hydroxylation is 1. The van der Waals surface area contributed by atoms with E-state index in [4.69, 9.17) is 4.74 Å². The molecule has 1 aromatic carbocycles. The van der Waals surface area contributed by atoms with Gasteiger partial charge in [-0.25, -0.2) is 4.79 Å². The number of benzene rings is 1. The maximum Gasteiger partial charge on any atom is 0.350 e. The number of likely N-dealkylation sites (tertiary alicyclic amines) is 1. The van der Waals surface area contributed by atoms with E-state index in [9.17, 15) is 14.4 Å². The number of ether oxygens (including phenoxy) is 1. The quantitative estimate of drug-likeness (QED) is 0.483. The second-order valence-electron chi connectivity index (χ2n) is 8.17. The zero-order valence-electron chi connectivity index (χ0n) is 18.3. The molecule has 1 fully saturated rings. The number of hydrogen-bond donors (Lipinski definition) is 2. The Morgan fingerprint density at radius 1 is 1.10 bits per heavy atom. The van der Waals surface area contributed by atoms with Crippen molar-refractivity contribution in [2.75, 3.05) is 38.6 Å². The molecule has 2 heterocycles. The molecule has 0 spiro atoms. The third-order valence-electron chi connectivity index (χ3n) is 5.76. The lowest BCUT2D eigenvalue weighted by Crippen LogP contribution is -2.55. The van der Waals surface area contributed by atoms with Crippen LogP contribution >= 0.6 is 11.3 Å². The number of nitrogens with zero attached hydrogens (tertiary/aromatic N) is 1.